The van der Waals surface area contributed by atoms with Crippen LogP contribution in [0.15, 0.2) is 48.6 Å². The second-order valence-electron chi connectivity index (χ2n) is 24.3. The quantitative estimate of drug-likeness (QED) is 0.0204. The van der Waals surface area contributed by atoms with Crippen LogP contribution in [0.2, 0.25) is 0 Å². The van der Waals surface area contributed by atoms with Gasteiger partial charge in [-0.3, -0.25) is 4.79 Å². The fourth-order valence-corrected chi connectivity index (χ4v) is 11.2. The normalized spacial score (nSPS) is 24.1. The highest BCUT2D eigenvalue weighted by Crippen LogP contribution is 2.30. The molecule has 0 aromatic carbocycles. The number of aliphatic hydroxyl groups is 8. The van der Waals surface area contributed by atoms with Crippen molar-refractivity contribution in [3.05, 3.63) is 48.6 Å². The number of amides is 1. The van der Waals surface area contributed by atoms with Crippen LogP contribution in [0, 0.1) is 0 Å². The van der Waals surface area contributed by atoms with Crippen molar-refractivity contribution in [1.82, 2.24) is 5.32 Å². The molecule has 0 saturated carbocycles. The van der Waals surface area contributed by atoms with Gasteiger partial charge in [0, 0.05) is 6.42 Å². The number of nitrogens with one attached hydrogen (secondary N) is 1. The maximum Gasteiger partial charge on any atom is 0.220 e. The number of ether oxygens (including phenoxy) is 4. The van der Waals surface area contributed by atoms with Crippen LogP contribution < -0.4 is 5.32 Å². The van der Waals surface area contributed by atoms with Crippen LogP contribution in [0.3, 0.4) is 0 Å². The van der Waals surface area contributed by atoms with Gasteiger partial charge in [0.05, 0.1) is 32.0 Å². The Morgan fingerprint density at radius 2 is 0.807 bits per heavy atom. The summed E-state index contributed by atoms with van der Waals surface area (Å²) in [6, 6.07) is -0.934. The van der Waals surface area contributed by atoms with Gasteiger partial charge in [-0.2, -0.15) is 0 Å². The number of aliphatic hydroxyl groups excluding tert-OH is 8. The highest BCUT2D eigenvalue weighted by Gasteiger charge is 2.51. The van der Waals surface area contributed by atoms with Crippen molar-refractivity contribution >= 4 is 5.91 Å². The van der Waals surface area contributed by atoms with Gasteiger partial charge in [0.15, 0.2) is 12.6 Å². The van der Waals surface area contributed by atoms with Gasteiger partial charge in [-0.25, -0.2) is 0 Å². The van der Waals surface area contributed by atoms with E-state index in [1.54, 1.807) is 6.08 Å². The largest absolute Gasteiger partial charge is 0.394 e. The first kappa shape index (κ1) is 77.0. The molecule has 2 fully saturated rings. The minimum Gasteiger partial charge on any atom is -0.394 e. The maximum atomic E-state index is 13.3. The summed E-state index contributed by atoms with van der Waals surface area (Å²) in [5, 5.41) is 87.4. The summed E-state index contributed by atoms with van der Waals surface area (Å²) in [5.41, 5.74) is 0. The van der Waals surface area contributed by atoms with E-state index in [9.17, 15) is 45.6 Å². The van der Waals surface area contributed by atoms with Crippen molar-refractivity contribution < 1.29 is 64.6 Å². The van der Waals surface area contributed by atoms with Gasteiger partial charge in [-0.15, -0.1) is 0 Å². The highest BCUT2D eigenvalue weighted by atomic mass is 16.7. The van der Waals surface area contributed by atoms with Gasteiger partial charge in [0.25, 0.3) is 0 Å². The molecule has 83 heavy (non-hydrogen) atoms. The smallest absolute Gasteiger partial charge is 0.220 e. The Morgan fingerprint density at radius 1 is 0.434 bits per heavy atom. The zero-order valence-electron chi connectivity index (χ0n) is 52.7. The van der Waals surface area contributed by atoms with Crippen molar-refractivity contribution in [2.75, 3.05) is 19.8 Å². The standard InChI is InChI=1S/C69H127NO13/c1-3-5-7-9-11-13-15-17-19-21-23-25-27-29-31-33-35-37-39-41-43-45-47-49-51-53-61(74)70-57(56-80-68-66(79)64(77)67(60(55-72)82-68)83-69-65(78)63(76)62(75)59(54-71)81-69)58(73)52-50-48-46-44-42-40-38-36-34-32-30-28-26-24-22-20-18-16-14-12-10-8-6-4-2/h15,17,21,23,42,44,50,52,57-60,62-69,71-73,75-79H,3-14,16,18-20,22,24-41,43,45-49,51,53-56H2,1-2H3,(H,70,74)/b17-15-,23-21-,44-42+,52-50+. The molecule has 9 N–H and O–H groups in total. The molecule has 12 atom stereocenters. The van der Waals surface area contributed by atoms with E-state index in [1.165, 1.54) is 218 Å². The van der Waals surface area contributed by atoms with Crippen molar-refractivity contribution in [3.63, 3.8) is 0 Å². The molecule has 14 heteroatoms. The summed E-state index contributed by atoms with van der Waals surface area (Å²) < 4.78 is 22.8. The molecule has 0 radical (unpaired) electrons. The fraction of sp³-hybridized carbons (Fsp3) is 0.870. The molecule has 14 nitrogen and oxygen atoms in total. The molecule has 0 aromatic rings. The van der Waals surface area contributed by atoms with Crippen LogP contribution in [-0.2, 0) is 23.7 Å². The fourth-order valence-electron chi connectivity index (χ4n) is 11.2. The molecule has 2 saturated heterocycles. The monoisotopic (exact) mass is 1180 g/mol. The molecule has 2 rings (SSSR count). The van der Waals surface area contributed by atoms with E-state index in [2.05, 4.69) is 55.6 Å². The van der Waals surface area contributed by atoms with E-state index < -0.39 is 86.8 Å². The number of carbonyl (C=O) groups excluding carboxylic acids is 1. The van der Waals surface area contributed by atoms with Gasteiger partial charge in [0.2, 0.25) is 5.91 Å². The van der Waals surface area contributed by atoms with Gasteiger partial charge >= 0.3 is 0 Å². The molecular formula is C69H127NO13. The lowest BCUT2D eigenvalue weighted by atomic mass is 9.97. The third kappa shape index (κ3) is 38.8. The highest BCUT2D eigenvalue weighted by molar-refractivity contribution is 5.76. The van der Waals surface area contributed by atoms with E-state index in [1.807, 2.05) is 6.08 Å². The zero-order chi connectivity index (χ0) is 60.2. The lowest BCUT2D eigenvalue weighted by Gasteiger charge is -2.46. The molecule has 0 aromatic heterocycles. The Hall–Kier alpha value is -2.05. The second-order valence-corrected chi connectivity index (χ2v) is 24.3. The van der Waals surface area contributed by atoms with Crippen molar-refractivity contribution in [2.24, 2.45) is 0 Å². The Morgan fingerprint density at radius 3 is 1.25 bits per heavy atom. The number of unbranched alkanes of at least 4 members (excludes halogenated alkanes) is 37. The van der Waals surface area contributed by atoms with Crippen molar-refractivity contribution in [2.45, 2.75) is 364 Å². The van der Waals surface area contributed by atoms with Gasteiger partial charge in [-0.05, 0) is 64.2 Å². The van der Waals surface area contributed by atoms with Crippen LogP contribution in [0.5, 0.6) is 0 Å². The molecule has 1 amide bonds. The Bertz CT molecular complexity index is 1580. The minimum atomic E-state index is -1.79. The summed E-state index contributed by atoms with van der Waals surface area (Å²) in [6.07, 6.45) is 53.0. The average molecular weight is 1180 g/mol. The van der Waals surface area contributed by atoms with Crippen LogP contribution in [0.25, 0.3) is 0 Å². The number of hydrogen-bond acceptors (Lipinski definition) is 13. The lowest BCUT2D eigenvalue weighted by Crippen LogP contribution is -2.65. The number of allylic oxidation sites excluding steroid dienone is 7. The van der Waals surface area contributed by atoms with E-state index in [-0.39, 0.29) is 18.9 Å². The number of hydrogen-bond donors (Lipinski definition) is 9. The number of carbonyl (C=O) groups is 1. The maximum absolute atomic E-state index is 13.3. The predicted molar refractivity (Wildman–Crippen MR) is 337 cm³/mol. The SMILES string of the molecule is CCCCCCC/C=C\C/C=C\CCCCCCCCCCCCCCCC(=O)NC(COC1OC(CO)C(OC2OC(CO)C(O)C(O)C2O)C(O)C1O)C(O)/C=C/CC/C=C/CCCCCCCCCCCCCCCCCCCC. The minimum absolute atomic E-state index is 0.247. The molecule has 2 aliphatic heterocycles. The van der Waals surface area contributed by atoms with Crippen LogP contribution in [0.1, 0.15) is 290 Å². The first-order valence-electron chi connectivity index (χ1n) is 34.4. The van der Waals surface area contributed by atoms with Crippen molar-refractivity contribution in [1.29, 1.82) is 0 Å². The first-order chi connectivity index (χ1) is 40.6. The Labute approximate surface area is 505 Å². The molecular weight excluding hydrogens is 1050 g/mol. The summed E-state index contributed by atoms with van der Waals surface area (Å²) in [4.78, 5) is 13.3. The van der Waals surface area contributed by atoms with Gasteiger partial charge in [0.1, 0.15) is 48.8 Å². The first-order valence-corrected chi connectivity index (χ1v) is 34.4. The molecule has 0 bridgehead atoms. The average Bonchev–Trinajstić information content (AvgIpc) is 3.65. The summed E-state index contributed by atoms with van der Waals surface area (Å²) in [6.45, 7) is 2.81. The molecule has 0 spiro atoms. The van der Waals surface area contributed by atoms with Gasteiger partial charge < -0.3 is 65.1 Å². The molecule has 486 valence electrons. The van der Waals surface area contributed by atoms with E-state index in [0.717, 1.165) is 38.5 Å². The predicted octanol–water partition coefficient (Wildman–Crippen LogP) is 13.5. The number of rotatable bonds is 56. The van der Waals surface area contributed by atoms with Gasteiger partial charge in [-0.1, -0.05) is 268 Å². The van der Waals surface area contributed by atoms with E-state index in [0.29, 0.717) is 12.8 Å². The molecule has 12 unspecified atom stereocenters. The van der Waals surface area contributed by atoms with E-state index >= 15 is 0 Å². The van der Waals surface area contributed by atoms with Crippen LogP contribution in [-0.4, -0.2) is 140 Å². The summed E-state index contributed by atoms with van der Waals surface area (Å²) >= 11 is 0. The topological polar surface area (TPSA) is 228 Å². The van der Waals surface area contributed by atoms with Crippen LogP contribution >= 0.6 is 0 Å². The molecule has 2 aliphatic rings. The molecule has 2 heterocycles. The van der Waals surface area contributed by atoms with E-state index in [4.69, 9.17) is 18.9 Å². The third-order valence-electron chi connectivity index (χ3n) is 16.7. The summed E-state index contributed by atoms with van der Waals surface area (Å²) in [7, 11) is 0. The van der Waals surface area contributed by atoms with Crippen LogP contribution in [0.4, 0.5) is 0 Å². The Kier molecular flexibility index (Phi) is 50.2. The zero-order valence-corrected chi connectivity index (χ0v) is 52.7. The molecule has 0 aliphatic carbocycles. The second kappa shape index (κ2) is 54.1. The lowest BCUT2D eigenvalue weighted by molar-refractivity contribution is -0.359. The Balaban J connectivity index is 1.71. The van der Waals surface area contributed by atoms with Crippen molar-refractivity contribution in [3.8, 4) is 0 Å². The summed E-state index contributed by atoms with van der Waals surface area (Å²) in [5.74, 6) is -0.247. The third-order valence-corrected chi connectivity index (χ3v) is 16.7.